The van der Waals surface area contributed by atoms with E-state index in [-0.39, 0.29) is 0 Å². The van der Waals surface area contributed by atoms with Gasteiger partial charge in [-0.3, -0.25) is 4.68 Å². The van der Waals surface area contributed by atoms with Gasteiger partial charge in [-0.05, 0) is 6.42 Å². The van der Waals surface area contributed by atoms with Crippen LogP contribution in [0.25, 0.3) is 0 Å². The summed E-state index contributed by atoms with van der Waals surface area (Å²) in [5.74, 6) is 0. The highest BCUT2D eigenvalue weighted by Gasteiger charge is 2.20. The zero-order chi connectivity index (χ0) is 11.5. The predicted octanol–water partition coefficient (Wildman–Crippen LogP) is 1.11. The molecule has 0 amide bonds. The lowest BCUT2D eigenvalue weighted by atomic mass is 10.1. The Kier molecular flexibility index (Phi) is 3.21. The third kappa shape index (κ3) is 1.94. The number of aryl methyl sites for hydroxylation is 1. The van der Waals surface area contributed by atoms with Crippen molar-refractivity contribution in [2.24, 2.45) is 5.73 Å². The van der Waals surface area contributed by atoms with E-state index in [0.717, 1.165) is 18.7 Å². The lowest BCUT2D eigenvalue weighted by Gasteiger charge is -2.11. The minimum atomic E-state index is -0.403. The highest BCUT2D eigenvalue weighted by Crippen LogP contribution is 2.24. The van der Waals surface area contributed by atoms with E-state index in [4.69, 9.17) is 17.3 Å². The van der Waals surface area contributed by atoms with Crippen LogP contribution in [0, 0.1) is 0 Å². The van der Waals surface area contributed by atoms with Crippen LogP contribution in [0.15, 0.2) is 12.4 Å². The van der Waals surface area contributed by atoms with Crippen LogP contribution in [-0.2, 0) is 6.54 Å². The standard InChI is InChI=1S/C9H13ClN6/c1-2-3-16-9(6(10)4-13-16)8(11)7-5-12-15-14-7/h4-5,8H,2-3,11H2,1H3,(H,12,14,15). The molecule has 2 rings (SSSR count). The number of halogens is 1. The van der Waals surface area contributed by atoms with Gasteiger partial charge in [-0.2, -0.15) is 20.5 Å². The Morgan fingerprint density at radius 2 is 2.38 bits per heavy atom. The molecule has 0 radical (unpaired) electrons. The Morgan fingerprint density at radius 3 is 3.00 bits per heavy atom. The van der Waals surface area contributed by atoms with Gasteiger partial charge in [-0.25, -0.2) is 0 Å². The van der Waals surface area contributed by atoms with Crippen LogP contribution in [0.1, 0.15) is 30.8 Å². The van der Waals surface area contributed by atoms with Crippen molar-refractivity contribution in [1.29, 1.82) is 0 Å². The molecular weight excluding hydrogens is 228 g/mol. The number of hydrogen-bond acceptors (Lipinski definition) is 4. The molecule has 2 aromatic rings. The minimum Gasteiger partial charge on any atom is -0.318 e. The van der Waals surface area contributed by atoms with Crippen LogP contribution >= 0.6 is 11.6 Å². The van der Waals surface area contributed by atoms with Crippen molar-refractivity contribution < 1.29 is 0 Å². The normalized spacial score (nSPS) is 12.9. The topological polar surface area (TPSA) is 85.4 Å². The first-order valence-corrected chi connectivity index (χ1v) is 5.44. The van der Waals surface area contributed by atoms with E-state index in [1.807, 2.05) is 4.68 Å². The first-order valence-electron chi connectivity index (χ1n) is 5.06. The number of aromatic nitrogens is 5. The Labute approximate surface area is 97.8 Å². The quantitative estimate of drug-likeness (QED) is 0.839. The molecule has 3 N–H and O–H groups in total. The molecule has 2 heterocycles. The predicted molar refractivity (Wildman–Crippen MR) is 59.9 cm³/mol. The van der Waals surface area contributed by atoms with Crippen molar-refractivity contribution in [3.05, 3.63) is 28.8 Å². The SMILES string of the molecule is CCCn1ncc(Cl)c1C(N)c1cn[nH]n1. The van der Waals surface area contributed by atoms with Crippen LogP contribution in [-0.4, -0.2) is 25.2 Å². The van der Waals surface area contributed by atoms with Crippen molar-refractivity contribution in [2.45, 2.75) is 25.9 Å². The second kappa shape index (κ2) is 4.63. The third-order valence-corrected chi connectivity index (χ3v) is 2.61. The lowest BCUT2D eigenvalue weighted by molar-refractivity contribution is 0.556. The van der Waals surface area contributed by atoms with Crippen LogP contribution < -0.4 is 5.73 Å². The lowest BCUT2D eigenvalue weighted by Crippen LogP contribution is -2.18. The molecule has 0 fully saturated rings. The number of H-pyrrole nitrogens is 1. The zero-order valence-corrected chi connectivity index (χ0v) is 9.65. The summed E-state index contributed by atoms with van der Waals surface area (Å²) in [5, 5.41) is 15.0. The van der Waals surface area contributed by atoms with Gasteiger partial charge in [0.15, 0.2) is 0 Å². The number of hydrogen-bond donors (Lipinski definition) is 2. The summed E-state index contributed by atoms with van der Waals surface area (Å²) in [5.41, 5.74) is 7.50. The summed E-state index contributed by atoms with van der Waals surface area (Å²) < 4.78 is 1.81. The molecule has 0 aliphatic rings. The monoisotopic (exact) mass is 240 g/mol. The van der Waals surface area contributed by atoms with E-state index >= 15 is 0 Å². The minimum absolute atomic E-state index is 0.403. The maximum absolute atomic E-state index is 6.07. The molecule has 1 atom stereocenters. The maximum Gasteiger partial charge on any atom is 0.105 e. The third-order valence-electron chi connectivity index (χ3n) is 2.32. The van der Waals surface area contributed by atoms with Gasteiger partial charge in [0.05, 0.1) is 29.2 Å². The molecule has 0 bridgehead atoms. The van der Waals surface area contributed by atoms with Gasteiger partial charge in [0.2, 0.25) is 0 Å². The Hall–Kier alpha value is -1.40. The number of nitrogens with one attached hydrogen (secondary N) is 1. The fraction of sp³-hybridized carbons (Fsp3) is 0.444. The first kappa shape index (κ1) is 11.1. The second-order valence-electron chi connectivity index (χ2n) is 3.47. The zero-order valence-electron chi connectivity index (χ0n) is 8.89. The van der Waals surface area contributed by atoms with Gasteiger partial charge >= 0.3 is 0 Å². The molecule has 1 unspecified atom stereocenters. The Balaban J connectivity index is 2.35. The summed E-state index contributed by atoms with van der Waals surface area (Å²) in [6.45, 7) is 2.86. The van der Waals surface area contributed by atoms with E-state index in [0.29, 0.717) is 10.7 Å². The van der Waals surface area contributed by atoms with Crippen molar-refractivity contribution in [2.75, 3.05) is 0 Å². The van der Waals surface area contributed by atoms with E-state index < -0.39 is 6.04 Å². The molecule has 0 saturated heterocycles. The van der Waals surface area contributed by atoms with Crippen LogP contribution in [0.2, 0.25) is 5.02 Å². The average Bonchev–Trinajstić information content (AvgIpc) is 2.88. The summed E-state index contributed by atoms with van der Waals surface area (Å²) in [4.78, 5) is 0. The van der Waals surface area contributed by atoms with E-state index in [9.17, 15) is 0 Å². The molecule has 0 aromatic carbocycles. The molecular formula is C9H13ClN6. The highest BCUT2D eigenvalue weighted by atomic mass is 35.5. The Bertz CT molecular complexity index is 449. The second-order valence-corrected chi connectivity index (χ2v) is 3.88. The fourth-order valence-electron chi connectivity index (χ4n) is 1.57. The van der Waals surface area contributed by atoms with Crippen LogP contribution in [0.5, 0.6) is 0 Å². The number of aromatic amines is 1. The number of nitrogens with zero attached hydrogens (tertiary/aromatic N) is 4. The number of rotatable bonds is 4. The maximum atomic E-state index is 6.07. The molecule has 0 spiro atoms. The van der Waals surface area contributed by atoms with Gasteiger partial charge in [-0.1, -0.05) is 18.5 Å². The smallest absolute Gasteiger partial charge is 0.105 e. The molecule has 0 saturated carbocycles. The molecule has 86 valence electrons. The van der Waals surface area contributed by atoms with Gasteiger partial charge < -0.3 is 5.73 Å². The molecule has 0 aliphatic carbocycles. The molecule has 2 aromatic heterocycles. The number of nitrogens with two attached hydrogens (primary N) is 1. The summed E-state index contributed by atoms with van der Waals surface area (Å²) in [6, 6.07) is -0.403. The van der Waals surface area contributed by atoms with Gasteiger partial charge in [0.25, 0.3) is 0 Å². The van der Waals surface area contributed by atoms with E-state index in [1.165, 1.54) is 0 Å². The largest absolute Gasteiger partial charge is 0.318 e. The first-order chi connectivity index (χ1) is 7.74. The van der Waals surface area contributed by atoms with Crippen LogP contribution in [0.3, 0.4) is 0 Å². The fourth-order valence-corrected chi connectivity index (χ4v) is 1.83. The average molecular weight is 241 g/mol. The van der Waals surface area contributed by atoms with Gasteiger partial charge in [0.1, 0.15) is 5.69 Å². The molecule has 6 nitrogen and oxygen atoms in total. The van der Waals surface area contributed by atoms with Crippen molar-refractivity contribution in [3.63, 3.8) is 0 Å². The van der Waals surface area contributed by atoms with Crippen molar-refractivity contribution in [3.8, 4) is 0 Å². The van der Waals surface area contributed by atoms with Gasteiger partial charge in [0, 0.05) is 6.54 Å². The Morgan fingerprint density at radius 1 is 1.56 bits per heavy atom. The molecule has 7 heteroatoms. The van der Waals surface area contributed by atoms with Gasteiger partial charge in [-0.15, -0.1) is 0 Å². The van der Waals surface area contributed by atoms with Crippen molar-refractivity contribution in [1.82, 2.24) is 25.2 Å². The molecule has 0 aliphatic heterocycles. The van der Waals surface area contributed by atoms with Crippen molar-refractivity contribution >= 4 is 11.6 Å². The summed E-state index contributed by atoms with van der Waals surface area (Å²) in [7, 11) is 0. The van der Waals surface area contributed by atoms with E-state index in [2.05, 4.69) is 27.4 Å². The van der Waals surface area contributed by atoms with Crippen LogP contribution in [0.4, 0.5) is 0 Å². The van der Waals surface area contributed by atoms with E-state index in [1.54, 1.807) is 12.4 Å². The highest BCUT2D eigenvalue weighted by molar-refractivity contribution is 6.31. The molecule has 16 heavy (non-hydrogen) atoms. The summed E-state index contributed by atoms with van der Waals surface area (Å²) >= 11 is 6.07. The summed E-state index contributed by atoms with van der Waals surface area (Å²) in [6.07, 6.45) is 4.16.